The molecule has 0 saturated heterocycles. The summed E-state index contributed by atoms with van der Waals surface area (Å²) in [6, 6.07) is 3.54. The van der Waals surface area contributed by atoms with Gasteiger partial charge in [-0.2, -0.15) is 0 Å². The van der Waals surface area contributed by atoms with Crippen LogP contribution in [0.2, 0.25) is 5.02 Å². The van der Waals surface area contributed by atoms with Gasteiger partial charge >= 0.3 is 5.97 Å². The van der Waals surface area contributed by atoms with Gasteiger partial charge in [-0.15, -0.1) is 11.8 Å². The Labute approximate surface area is 128 Å². The van der Waals surface area contributed by atoms with E-state index in [1.165, 1.54) is 11.8 Å². The van der Waals surface area contributed by atoms with Gasteiger partial charge < -0.3 is 10.4 Å². The highest BCUT2D eigenvalue weighted by Gasteiger charge is 2.50. The highest BCUT2D eigenvalue weighted by atomic mass is 35.5. The molecular weight excluding hydrogens is 296 g/mol. The molecule has 6 heteroatoms. The molecular formula is C14H19ClN2O2S. The standard InChI is InChI=1S/C14H19ClN2O2S/c1-2-7-17-14(13(18)19,10-5-6-10)9-20-12-11(15)4-3-8-16-12/h3-4,8,10,17H,2,5-7,9H2,1H3,(H,18,19). The fraction of sp³-hybridized carbons (Fsp3) is 0.571. The Morgan fingerprint density at radius 3 is 2.95 bits per heavy atom. The van der Waals surface area contributed by atoms with E-state index in [0.717, 1.165) is 19.3 Å². The molecule has 0 aromatic carbocycles. The van der Waals surface area contributed by atoms with Gasteiger partial charge in [0.1, 0.15) is 10.6 Å². The van der Waals surface area contributed by atoms with Crippen molar-refractivity contribution >= 4 is 29.3 Å². The van der Waals surface area contributed by atoms with Gasteiger partial charge in [0, 0.05) is 11.9 Å². The summed E-state index contributed by atoms with van der Waals surface area (Å²) in [6.07, 6.45) is 4.53. The zero-order chi connectivity index (χ0) is 14.6. The third kappa shape index (κ3) is 3.45. The first-order valence-electron chi connectivity index (χ1n) is 6.82. The molecule has 2 rings (SSSR count). The molecule has 1 aliphatic carbocycles. The molecule has 0 spiro atoms. The Morgan fingerprint density at radius 2 is 2.40 bits per heavy atom. The second-order valence-corrected chi connectivity index (χ2v) is 6.43. The zero-order valence-corrected chi connectivity index (χ0v) is 13.0. The topological polar surface area (TPSA) is 62.2 Å². The van der Waals surface area contributed by atoms with E-state index >= 15 is 0 Å². The van der Waals surface area contributed by atoms with Crippen molar-refractivity contribution in [3.8, 4) is 0 Å². The van der Waals surface area contributed by atoms with Gasteiger partial charge in [0.15, 0.2) is 0 Å². The van der Waals surface area contributed by atoms with Crippen LogP contribution in [0.4, 0.5) is 0 Å². The predicted octanol–water partition coefficient (Wildman–Crippen LogP) is 3.06. The number of hydrogen-bond donors (Lipinski definition) is 2. The average Bonchev–Trinajstić information content (AvgIpc) is 3.25. The summed E-state index contributed by atoms with van der Waals surface area (Å²) < 4.78 is 0. The molecule has 110 valence electrons. The van der Waals surface area contributed by atoms with Crippen molar-refractivity contribution in [3.05, 3.63) is 23.4 Å². The Morgan fingerprint density at radius 1 is 1.65 bits per heavy atom. The number of halogens is 1. The Balaban J connectivity index is 2.11. The van der Waals surface area contributed by atoms with E-state index in [2.05, 4.69) is 10.3 Å². The summed E-state index contributed by atoms with van der Waals surface area (Å²) in [5.41, 5.74) is -0.860. The van der Waals surface area contributed by atoms with Crippen LogP contribution < -0.4 is 5.32 Å². The van der Waals surface area contributed by atoms with E-state index in [0.29, 0.717) is 22.3 Å². The normalized spacial score (nSPS) is 17.7. The highest BCUT2D eigenvalue weighted by Crippen LogP contribution is 2.43. The summed E-state index contributed by atoms with van der Waals surface area (Å²) in [5.74, 6) is -0.112. The Bertz CT molecular complexity index is 482. The molecule has 4 nitrogen and oxygen atoms in total. The lowest BCUT2D eigenvalue weighted by Gasteiger charge is -2.30. The number of aromatic nitrogens is 1. The second kappa shape index (κ2) is 6.78. The molecule has 1 aliphatic rings. The zero-order valence-electron chi connectivity index (χ0n) is 11.4. The highest BCUT2D eigenvalue weighted by molar-refractivity contribution is 7.99. The van der Waals surface area contributed by atoms with E-state index in [4.69, 9.17) is 11.6 Å². The Kier molecular flexibility index (Phi) is 5.29. The minimum absolute atomic E-state index is 0.210. The molecule has 20 heavy (non-hydrogen) atoms. The van der Waals surface area contributed by atoms with E-state index in [9.17, 15) is 9.90 Å². The summed E-state index contributed by atoms with van der Waals surface area (Å²) in [7, 11) is 0. The SMILES string of the molecule is CCCNC(CSc1ncccc1Cl)(C(=O)O)C1CC1. The van der Waals surface area contributed by atoms with Crippen molar-refractivity contribution in [1.82, 2.24) is 10.3 Å². The molecule has 1 atom stereocenters. The number of carboxylic acids is 1. The van der Waals surface area contributed by atoms with Crippen LogP contribution in [0.3, 0.4) is 0 Å². The first-order valence-corrected chi connectivity index (χ1v) is 8.18. The third-order valence-corrected chi connectivity index (χ3v) is 5.12. The van der Waals surface area contributed by atoms with Crippen molar-refractivity contribution in [1.29, 1.82) is 0 Å². The molecule has 1 unspecified atom stereocenters. The number of carbonyl (C=O) groups is 1. The molecule has 1 aromatic rings. The van der Waals surface area contributed by atoms with Crippen molar-refractivity contribution < 1.29 is 9.90 Å². The van der Waals surface area contributed by atoms with Gasteiger partial charge in [0.2, 0.25) is 0 Å². The third-order valence-electron chi connectivity index (χ3n) is 3.51. The number of hydrogen-bond acceptors (Lipinski definition) is 4. The van der Waals surface area contributed by atoms with Crippen molar-refractivity contribution in [2.75, 3.05) is 12.3 Å². The number of aliphatic carboxylic acids is 1. The van der Waals surface area contributed by atoms with E-state index < -0.39 is 11.5 Å². The minimum Gasteiger partial charge on any atom is -0.480 e. The lowest BCUT2D eigenvalue weighted by atomic mass is 9.95. The first kappa shape index (κ1) is 15.6. The maximum Gasteiger partial charge on any atom is 0.325 e. The average molecular weight is 315 g/mol. The van der Waals surface area contributed by atoms with Crippen LogP contribution in [0, 0.1) is 5.92 Å². The van der Waals surface area contributed by atoms with Crippen molar-refractivity contribution in [2.45, 2.75) is 36.8 Å². The van der Waals surface area contributed by atoms with E-state index in [1.807, 2.05) is 6.92 Å². The number of nitrogens with one attached hydrogen (secondary N) is 1. The molecule has 1 fully saturated rings. The van der Waals surface area contributed by atoms with Crippen LogP contribution in [0.5, 0.6) is 0 Å². The number of thioether (sulfide) groups is 1. The monoisotopic (exact) mass is 314 g/mol. The molecule has 0 amide bonds. The first-order chi connectivity index (χ1) is 9.60. The fourth-order valence-corrected chi connectivity index (χ4v) is 3.66. The van der Waals surface area contributed by atoms with Gasteiger partial charge in [-0.1, -0.05) is 18.5 Å². The largest absolute Gasteiger partial charge is 0.480 e. The summed E-state index contributed by atoms with van der Waals surface area (Å²) in [6.45, 7) is 2.74. The van der Waals surface area contributed by atoms with Crippen LogP contribution >= 0.6 is 23.4 Å². The molecule has 1 heterocycles. The second-order valence-electron chi connectivity index (χ2n) is 5.06. The fourth-order valence-electron chi connectivity index (χ4n) is 2.21. The minimum atomic E-state index is -0.860. The number of nitrogens with zero attached hydrogens (tertiary/aromatic N) is 1. The molecule has 0 bridgehead atoms. The van der Waals surface area contributed by atoms with Gasteiger partial charge in [-0.25, -0.2) is 4.98 Å². The van der Waals surface area contributed by atoms with Gasteiger partial charge in [-0.3, -0.25) is 4.79 Å². The maximum absolute atomic E-state index is 11.8. The van der Waals surface area contributed by atoms with Gasteiger partial charge in [-0.05, 0) is 43.9 Å². The lowest BCUT2D eigenvalue weighted by Crippen LogP contribution is -2.56. The number of carboxylic acid groups (broad SMARTS) is 1. The molecule has 0 radical (unpaired) electrons. The van der Waals surface area contributed by atoms with Gasteiger partial charge in [0.25, 0.3) is 0 Å². The van der Waals surface area contributed by atoms with Crippen molar-refractivity contribution in [2.24, 2.45) is 5.92 Å². The van der Waals surface area contributed by atoms with Crippen LogP contribution in [-0.2, 0) is 4.79 Å². The summed E-state index contributed by atoms with van der Waals surface area (Å²) >= 11 is 7.50. The summed E-state index contributed by atoms with van der Waals surface area (Å²) in [5, 5.41) is 14.2. The Hall–Kier alpha value is -0.780. The summed E-state index contributed by atoms with van der Waals surface area (Å²) in [4.78, 5) is 16.0. The lowest BCUT2D eigenvalue weighted by molar-refractivity contribution is -0.144. The van der Waals surface area contributed by atoms with E-state index in [1.54, 1.807) is 18.3 Å². The van der Waals surface area contributed by atoms with Crippen LogP contribution in [0.1, 0.15) is 26.2 Å². The van der Waals surface area contributed by atoms with Crippen molar-refractivity contribution in [3.63, 3.8) is 0 Å². The number of pyridine rings is 1. The van der Waals surface area contributed by atoms with Gasteiger partial charge in [0.05, 0.1) is 5.02 Å². The van der Waals surface area contributed by atoms with Crippen LogP contribution in [-0.4, -0.2) is 33.9 Å². The molecule has 1 saturated carbocycles. The maximum atomic E-state index is 11.8. The molecule has 0 aliphatic heterocycles. The van der Waals surface area contributed by atoms with Crippen LogP contribution in [0.25, 0.3) is 0 Å². The molecule has 1 aromatic heterocycles. The quantitative estimate of drug-likeness (QED) is 0.722. The van der Waals surface area contributed by atoms with Crippen LogP contribution in [0.15, 0.2) is 23.4 Å². The smallest absolute Gasteiger partial charge is 0.325 e. The predicted molar refractivity (Wildman–Crippen MR) is 81.4 cm³/mol. The molecule has 2 N–H and O–H groups in total. The number of rotatable bonds is 8. The van der Waals surface area contributed by atoms with E-state index in [-0.39, 0.29) is 5.92 Å².